The van der Waals surface area contributed by atoms with Gasteiger partial charge in [-0.25, -0.2) is 15.0 Å². The number of nitrogens with zero attached hydrogens (tertiary/aromatic N) is 4. The Kier molecular flexibility index (Phi) is 5.62. The third-order valence-electron chi connectivity index (χ3n) is 7.66. The smallest absolute Gasteiger partial charge is 0.263 e. The predicted octanol–water partition coefficient (Wildman–Crippen LogP) is 2.35. The highest BCUT2D eigenvalue weighted by atomic mass is 32.1. The van der Waals surface area contributed by atoms with Gasteiger partial charge in [-0.05, 0) is 57.1 Å². The van der Waals surface area contributed by atoms with E-state index < -0.39 is 0 Å². The molecule has 3 atom stereocenters. The van der Waals surface area contributed by atoms with Crippen LogP contribution >= 0.6 is 11.3 Å². The van der Waals surface area contributed by atoms with Gasteiger partial charge in [0.15, 0.2) is 0 Å². The van der Waals surface area contributed by atoms with Crippen LogP contribution in [-0.2, 0) is 17.6 Å². The van der Waals surface area contributed by atoms with Gasteiger partial charge < -0.3 is 26.4 Å². The molecule has 3 aliphatic rings. The Labute approximate surface area is 208 Å². The molecule has 3 aromatic rings. The summed E-state index contributed by atoms with van der Waals surface area (Å²) in [5, 5.41) is 3.91. The van der Waals surface area contributed by atoms with Crippen LogP contribution in [0.5, 0.6) is 0 Å². The highest BCUT2D eigenvalue weighted by Crippen LogP contribution is 2.36. The molecule has 0 radical (unpaired) electrons. The summed E-state index contributed by atoms with van der Waals surface area (Å²) < 4.78 is 6.17. The Bertz CT molecular complexity index is 1290. The molecule has 1 spiro atoms. The molecule has 3 aromatic heterocycles. The number of carbonyl (C=O) groups is 1. The van der Waals surface area contributed by atoms with E-state index in [9.17, 15) is 4.79 Å². The maximum Gasteiger partial charge on any atom is 0.263 e. The number of rotatable bonds is 3. The normalized spacial score (nSPS) is 26.3. The van der Waals surface area contributed by atoms with Crippen LogP contribution in [0.3, 0.4) is 0 Å². The fourth-order valence-corrected chi connectivity index (χ4v) is 6.69. The largest absolute Gasteiger partial charge is 0.397 e. The first-order valence-electron chi connectivity index (χ1n) is 12.4. The molecule has 2 aliphatic heterocycles. The van der Waals surface area contributed by atoms with Gasteiger partial charge >= 0.3 is 0 Å². The van der Waals surface area contributed by atoms with Gasteiger partial charge in [-0.3, -0.25) is 4.79 Å². The van der Waals surface area contributed by atoms with Crippen molar-refractivity contribution < 1.29 is 9.53 Å². The summed E-state index contributed by atoms with van der Waals surface area (Å²) >= 11 is 1.32. The minimum Gasteiger partial charge on any atom is -0.397 e. The number of ether oxygens (including phenoxy) is 1. The number of hydrogen-bond acceptors (Lipinski definition) is 9. The zero-order valence-corrected chi connectivity index (χ0v) is 20.7. The van der Waals surface area contributed by atoms with Gasteiger partial charge in [0.05, 0.1) is 23.7 Å². The van der Waals surface area contributed by atoms with E-state index in [0.717, 1.165) is 73.5 Å². The molecule has 2 fully saturated rings. The van der Waals surface area contributed by atoms with Crippen molar-refractivity contribution in [3.63, 3.8) is 0 Å². The lowest BCUT2D eigenvalue weighted by Gasteiger charge is -2.36. The average molecular weight is 494 g/mol. The summed E-state index contributed by atoms with van der Waals surface area (Å²) in [6.45, 7) is 4.20. The second kappa shape index (κ2) is 8.69. The van der Waals surface area contributed by atoms with E-state index in [4.69, 9.17) is 21.2 Å². The van der Waals surface area contributed by atoms with E-state index in [-0.39, 0.29) is 23.6 Å². The minimum absolute atomic E-state index is 0.0106. The van der Waals surface area contributed by atoms with E-state index in [1.807, 2.05) is 6.92 Å². The number of hydrogen-bond donors (Lipinski definition) is 3. The van der Waals surface area contributed by atoms with Crippen molar-refractivity contribution in [2.24, 2.45) is 5.73 Å². The predicted molar refractivity (Wildman–Crippen MR) is 137 cm³/mol. The topological polar surface area (TPSA) is 132 Å². The number of anilines is 2. The van der Waals surface area contributed by atoms with E-state index in [0.29, 0.717) is 16.4 Å². The van der Waals surface area contributed by atoms with E-state index in [1.165, 1.54) is 23.3 Å². The van der Waals surface area contributed by atoms with Crippen LogP contribution in [0.4, 0.5) is 11.5 Å². The number of nitrogens with two attached hydrogens (primary N) is 2. The molecule has 6 rings (SSSR count). The van der Waals surface area contributed by atoms with Gasteiger partial charge in [-0.1, -0.05) is 6.07 Å². The van der Waals surface area contributed by atoms with E-state index in [2.05, 4.69) is 32.3 Å². The first kappa shape index (κ1) is 22.6. The molecule has 184 valence electrons. The molecule has 5 N–H and O–H groups in total. The van der Waals surface area contributed by atoms with Crippen LogP contribution in [0, 0.1) is 6.92 Å². The number of carbonyl (C=O) groups excluding carboxylic acids is 1. The highest BCUT2D eigenvalue weighted by Gasteiger charge is 2.47. The standard InChI is InChI=1S/C25H31N7O2S/c1-14-28-11-17-21(27)22(35-24(17)29-14)23(33)30-16-5-6-18-15(10-16)4-7-20(31-18)32-12-19(26)25(13-32)8-2-3-9-34-25/h4,7,11,16,19H,2-3,5-6,8-10,12-13,26-27H2,1H3,(H,30,33). The summed E-state index contributed by atoms with van der Waals surface area (Å²) in [6, 6.07) is 4.29. The second-order valence-electron chi connectivity index (χ2n) is 10.0. The van der Waals surface area contributed by atoms with Crippen LogP contribution in [-0.4, -0.2) is 58.2 Å². The van der Waals surface area contributed by atoms with Crippen molar-refractivity contribution in [3.05, 3.63) is 40.3 Å². The van der Waals surface area contributed by atoms with Gasteiger partial charge in [0.25, 0.3) is 5.91 Å². The maximum atomic E-state index is 13.0. The lowest BCUT2D eigenvalue weighted by Crippen LogP contribution is -2.51. The Morgan fingerprint density at radius 1 is 1.31 bits per heavy atom. The van der Waals surface area contributed by atoms with Crippen LogP contribution < -0.4 is 21.7 Å². The third kappa shape index (κ3) is 4.03. The molecule has 1 aliphatic carbocycles. The zero-order valence-electron chi connectivity index (χ0n) is 19.9. The number of nitrogen functional groups attached to an aromatic ring is 1. The molecular formula is C25H31N7O2S. The SMILES string of the molecule is Cc1ncc2c(N)c(C(=O)NC3CCc4nc(N5CC(N)C6(CCCCO6)C5)ccc4C3)sc2n1. The Morgan fingerprint density at radius 2 is 2.20 bits per heavy atom. The molecule has 9 nitrogen and oxygen atoms in total. The van der Waals surface area contributed by atoms with Crippen LogP contribution in [0.1, 0.15) is 52.4 Å². The van der Waals surface area contributed by atoms with Gasteiger partial charge in [0, 0.05) is 31.1 Å². The van der Waals surface area contributed by atoms with Gasteiger partial charge in [0.1, 0.15) is 27.0 Å². The molecule has 35 heavy (non-hydrogen) atoms. The van der Waals surface area contributed by atoms with Crippen LogP contribution in [0.25, 0.3) is 10.2 Å². The van der Waals surface area contributed by atoms with Crippen molar-refractivity contribution in [3.8, 4) is 0 Å². The highest BCUT2D eigenvalue weighted by molar-refractivity contribution is 7.21. The number of aryl methyl sites for hydroxylation is 2. The number of aromatic nitrogens is 3. The molecule has 5 heterocycles. The minimum atomic E-state index is -0.232. The van der Waals surface area contributed by atoms with Gasteiger partial charge in [0.2, 0.25) is 0 Å². The maximum absolute atomic E-state index is 13.0. The van der Waals surface area contributed by atoms with Crippen molar-refractivity contribution >= 4 is 39.0 Å². The van der Waals surface area contributed by atoms with Crippen molar-refractivity contribution in [1.82, 2.24) is 20.3 Å². The average Bonchev–Trinajstić information content (AvgIpc) is 3.35. The fraction of sp³-hybridized carbons (Fsp3) is 0.520. The number of thiophene rings is 1. The summed E-state index contributed by atoms with van der Waals surface area (Å²) in [6.07, 6.45) is 7.42. The monoisotopic (exact) mass is 493 g/mol. The van der Waals surface area contributed by atoms with E-state index >= 15 is 0 Å². The van der Waals surface area contributed by atoms with Crippen molar-refractivity contribution in [2.75, 3.05) is 30.3 Å². The Balaban J connectivity index is 1.14. The summed E-state index contributed by atoms with van der Waals surface area (Å²) in [5.41, 5.74) is 15.3. The first-order chi connectivity index (χ1) is 16.9. The fourth-order valence-electron chi connectivity index (χ4n) is 5.68. The lowest BCUT2D eigenvalue weighted by atomic mass is 9.89. The zero-order chi connectivity index (χ0) is 24.2. The molecular weight excluding hydrogens is 462 g/mol. The quantitative estimate of drug-likeness (QED) is 0.507. The second-order valence-corrected chi connectivity index (χ2v) is 11.0. The lowest BCUT2D eigenvalue weighted by molar-refractivity contribution is -0.0717. The summed E-state index contributed by atoms with van der Waals surface area (Å²) in [5.74, 6) is 1.49. The molecule has 2 saturated heterocycles. The Hall–Kier alpha value is -2.82. The van der Waals surface area contributed by atoms with Crippen molar-refractivity contribution in [1.29, 1.82) is 0 Å². The summed E-state index contributed by atoms with van der Waals surface area (Å²) in [7, 11) is 0. The number of pyridine rings is 1. The number of fused-ring (bicyclic) bond motifs is 2. The van der Waals surface area contributed by atoms with Crippen molar-refractivity contribution in [2.45, 2.75) is 63.1 Å². The van der Waals surface area contributed by atoms with Gasteiger partial charge in [-0.15, -0.1) is 11.3 Å². The Morgan fingerprint density at radius 3 is 3.03 bits per heavy atom. The van der Waals surface area contributed by atoms with Crippen LogP contribution in [0.2, 0.25) is 0 Å². The molecule has 10 heteroatoms. The molecule has 0 aromatic carbocycles. The summed E-state index contributed by atoms with van der Waals surface area (Å²) in [4.78, 5) is 30.2. The third-order valence-corrected chi connectivity index (χ3v) is 8.77. The molecule has 3 unspecified atom stereocenters. The van der Waals surface area contributed by atoms with Crippen LogP contribution in [0.15, 0.2) is 18.3 Å². The number of amides is 1. The number of nitrogens with one attached hydrogen (secondary N) is 1. The van der Waals surface area contributed by atoms with Gasteiger partial charge in [-0.2, -0.15) is 0 Å². The molecule has 0 saturated carbocycles. The first-order valence-corrected chi connectivity index (χ1v) is 13.2. The van der Waals surface area contributed by atoms with E-state index in [1.54, 1.807) is 6.20 Å². The molecule has 0 bridgehead atoms. The molecule has 1 amide bonds.